The number of amides is 2. The lowest BCUT2D eigenvalue weighted by Crippen LogP contribution is -2.38. The third-order valence-corrected chi connectivity index (χ3v) is 6.40. The Balaban J connectivity index is 1.67. The summed E-state index contributed by atoms with van der Waals surface area (Å²) in [6.07, 6.45) is 1.63. The van der Waals surface area contributed by atoms with E-state index in [0.717, 1.165) is 11.8 Å². The standard InChI is InChI=1S/C20H13F3N2O3S3/c21-20(22,23)31-15-4-2-1-3-12(15)9-25-13-7-11(5-6-14(13)28-10-17(25)26)8-16-18(27)24-19(29)30-16/h1-8H,9-10H2,(H,24,27,29). The van der Waals surface area contributed by atoms with Crippen LogP contribution in [0.1, 0.15) is 11.1 Å². The Labute approximate surface area is 189 Å². The molecule has 0 atom stereocenters. The van der Waals surface area contributed by atoms with Crippen LogP contribution in [-0.4, -0.2) is 28.3 Å². The minimum absolute atomic E-state index is 0.0293. The van der Waals surface area contributed by atoms with E-state index in [1.807, 2.05) is 0 Å². The van der Waals surface area contributed by atoms with Crippen molar-refractivity contribution < 1.29 is 27.5 Å². The Morgan fingerprint density at radius 2 is 2.00 bits per heavy atom. The zero-order valence-corrected chi connectivity index (χ0v) is 18.0. The van der Waals surface area contributed by atoms with Crippen LogP contribution in [-0.2, 0) is 16.1 Å². The molecule has 0 spiro atoms. The molecule has 0 aliphatic carbocycles. The summed E-state index contributed by atoms with van der Waals surface area (Å²) in [6, 6.07) is 11.1. The maximum absolute atomic E-state index is 12.9. The lowest BCUT2D eigenvalue weighted by Gasteiger charge is -2.30. The molecule has 4 rings (SSSR count). The molecule has 0 radical (unpaired) electrons. The van der Waals surface area contributed by atoms with Crippen molar-refractivity contribution in [3.8, 4) is 5.75 Å². The fourth-order valence-electron chi connectivity index (χ4n) is 3.08. The van der Waals surface area contributed by atoms with Gasteiger partial charge in [-0.25, -0.2) is 0 Å². The number of thiocarbonyl (C=S) groups is 1. The fraction of sp³-hybridized carbons (Fsp3) is 0.150. The number of hydrogen-bond donors (Lipinski definition) is 1. The molecule has 2 aromatic carbocycles. The number of halogens is 3. The van der Waals surface area contributed by atoms with E-state index in [4.69, 9.17) is 17.0 Å². The van der Waals surface area contributed by atoms with Crippen LogP contribution in [0, 0.1) is 0 Å². The average Bonchev–Trinajstić information content (AvgIpc) is 3.01. The van der Waals surface area contributed by atoms with Crippen molar-refractivity contribution in [1.82, 2.24) is 5.32 Å². The molecule has 2 aliphatic heterocycles. The number of fused-ring (bicyclic) bond motifs is 1. The largest absolute Gasteiger partial charge is 0.482 e. The number of benzene rings is 2. The molecule has 1 saturated heterocycles. The first kappa shape index (κ1) is 21.7. The van der Waals surface area contributed by atoms with Gasteiger partial charge in [0.25, 0.3) is 11.8 Å². The lowest BCUT2D eigenvalue weighted by atomic mass is 10.1. The summed E-state index contributed by atoms with van der Waals surface area (Å²) in [4.78, 5) is 26.3. The van der Waals surface area contributed by atoms with Gasteiger partial charge >= 0.3 is 5.51 Å². The molecule has 2 heterocycles. The molecule has 0 saturated carbocycles. The van der Waals surface area contributed by atoms with Gasteiger partial charge in [0.15, 0.2) is 6.61 Å². The maximum Gasteiger partial charge on any atom is 0.446 e. The number of thioether (sulfide) groups is 2. The molecule has 2 aromatic rings. The van der Waals surface area contributed by atoms with Crippen LogP contribution in [0.5, 0.6) is 5.75 Å². The van der Waals surface area contributed by atoms with Gasteiger partial charge in [0.2, 0.25) is 0 Å². The van der Waals surface area contributed by atoms with E-state index in [-0.39, 0.29) is 41.6 Å². The quantitative estimate of drug-likeness (QED) is 0.387. The molecule has 160 valence electrons. The predicted molar refractivity (Wildman–Crippen MR) is 118 cm³/mol. The van der Waals surface area contributed by atoms with Crippen LogP contribution >= 0.6 is 35.7 Å². The number of ether oxygens (including phenoxy) is 1. The first-order valence-electron chi connectivity index (χ1n) is 8.85. The minimum Gasteiger partial charge on any atom is -0.482 e. The molecule has 0 bridgehead atoms. The van der Waals surface area contributed by atoms with E-state index < -0.39 is 5.51 Å². The Morgan fingerprint density at radius 3 is 2.71 bits per heavy atom. The van der Waals surface area contributed by atoms with Crippen molar-refractivity contribution in [2.24, 2.45) is 0 Å². The van der Waals surface area contributed by atoms with E-state index in [1.54, 1.807) is 36.4 Å². The van der Waals surface area contributed by atoms with Gasteiger partial charge in [0, 0.05) is 4.90 Å². The van der Waals surface area contributed by atoms with Crippen molar-refractivity contribution in [3.05, 3.63) is 58.5 Å². The molecule has 1 N–H and O–H groups in total. The lowest BCUT2D eigenvalue weighted by molar-refractivity contribution is -0.121. The Morgan fingerprint density at radius 1 is 1.23 bits per heavy atom. The molecule has 0 aromatic heterocycles. The van der Waals surface area contributed by atoms with E-state index >= 15 is 0 Å². The highest BCUT2D eigenvalue weighted by molar-refractivity contribution is 8.26. The first-order chi connectivity index (χ1) is 14.7. The van der Waals surface area contributed by atoms with Gasteiger partial charge in [-0.05, 0) is 47.2 Å². The number of nitrogens with one attached hydrogen (secondary N) is 1. The van der Waals surface area contributed by atoms with Crippen LogP contribution < -0.4 is 15.0 Å². The SMILES string of the molecule is O=C1NC(=S)SC1=Cc1ccc2c(c1)N(Cc1ccccc1SC(F)(F)F)C(=O)CO2. The van der Waals surface area contributed by atoms with Crippen LogP contribution in [0.4, 0.5) is 18.9 Å². The van der Waals surface area contributed by atoms with Crippen molar-refractivity contribution in [1.29, 1.82) is 0 Å². The van der Waals surface area contributed by atoms with Crippen LogP contribution in [0.2, 0.25) is 0 Å². The number of alkyl halides is 3. The summed E-state index contributed by atoms with van der Waals surface area (Å²) in [5.41, 5.74) is -3.03. The second-order valence-corrected chi connectivity index (χ2v) is 9.33. The molecule has 1 fully saturated rings. The van der Waals surface area contributed by atoms with Crippen LogP contribution in [0.15, 0.2) is 52.3 Å². The fourth-order valence-corrected chi connectivity index (χ4v) is 4.79. The molecule has 31 heavy (non-hydrogen) atoms. The van der Waals surface area contributed by atoms with Gasteiger partial charge in [-0.1, -0.05) is 48.2 Å². The highest BCUT2D eigenvalue weighted by atomic mass is 32.2. The predicted octanol–water partition coefficient (Wildman–Crippen LogP) is 4.71. The normalized spacial score (nSPS) is 17.6. The number of carbonyl (C=O) groups excluding carboxylic acids is 2. The van der Waals surface area contributed by atoms with E-state index in [1.165, 1.54) is 17.0 Å². The summed E-state index contributed by atoms with van der Waals surface area (Å²) >= 11 is 5.89. The molecule has 11 heteroatoms. The van der Waals surface area contributed by atoms with Crippen molar-refractivity contribution in [2.45, 2.75) is 16.9 Å². The minimum atomic E-state index is -4.44. The highest BCUT2D eigenvalue weighted by Crippen LogP contribution is 2.40. The van der Waals surface area contributed by atoms with Crippen molar-refractivity contribution in [2.75, 3.05) is 11.5 Å². The molecular weight excluding hydrogens is 469 g/mol. The smallest absolute Gasteiger partial charge is 0.446 e. The topological polar surface area (TPSA) is 58.6 Å². The number of anilines is 1. The number of hydrogen-bond acceptors (Lipinski definition) is 6. The van der Waals surface area contributed by atoms with Crippen LogP contribution in [0.3, 0.4) is 0 Å². The molecule has 2 amide bonds. The van der Waals surface area contributed by atoms with Crippen molar-refractivity contribution >= 4 is 63.6 Å². The highest BCUT2D eigenvalue weighted by Gasteiger charge is 2.32. The Bertz CT molecular complexity index is 1120. The van der Waals surface area contributed by atoms with Gasteiger partial charge < -0.3 is 15.0 Å². The van der Waals surface area contributed by atoms with E-state index in [2.05, 4.69) is 5.32 Å². The summed E-state index contributed by atoms with van der Waals surface area (Å²) in [5, 5.41) is 2.53. The summed E-state index contributed by atoms with van der Waals surface area (Å²) in [7, 11) is 0. The second-order valence-electron chi connectivity index (χ2n) is 6.50. The molecular formula is C20H13F3N2O3S3. The third-order valence-electron chi connectivity index (χ3n) is 4.39. The maximum atomic E-state index is 12.9. The molecule has 5 nitrogen and oxygen atoms in total. The molecule has 0 unspecified atom stereocenters. The summed E-state index contributed by atoms with van der Waals surface area (Å²) < 4.78 is 44.6. The van der Waals surface area contributed by atoms with Gasteiger partial charge in [-0.3, -0.25) is 9.59 Å². The van der Waals surface area contributed by atoms with Gasteiger partial charge in [-0.15, -0.1) is 0 Å². The zero-order valence-electron chi connectivity index (χ0n) is 15.6. The Hall–Kier alpha value is -2.50. The number of carbonyl (C=O) groups is 2. The summed E-state index contributed by atoms with van der Waals surface area (Å²) in [6.45, 7) is -0.262. The van der Waals surface area contributed by atoms with Crippen molar-refractivity contribution in [3.63, 3.8) is 0 Å². The second kappa shape index (κ2) is 8.56. The van der Waals surface area contributed by atoms with E-state index in [9.17, 15) is 22.8 Å². The average molecular weight is 483 g/mol. The van der Waals surface area contributed by atoms with Gasteiger partial charge in [0.1, 0.15) is 10.1 Å². The number of rotatable bonds is 4. The third kappa shape index (κ3) is 5.05. The van der Waals surface area contributed by atoms with Crippen LogP contribution in [0.25, 0.3) is 6.08 Å². The van der Waals surface area contributed by atoms with E-state index in [0.29, 0.717) is 31.8 Å². The zero-order chi connectivity index (χ0) is 22.2. The summed E-state index contributed by atoms with van der Waals surface area (Å²) in [5.74, 6) is -0.255. The first-order valence-corrected chi connectivity index (χ1v) is 10.9. The molecule has 2 aliphatic rings. The Kier molecular flexibility index (Phi) is 6.00. The van der Waals surface area contributed by atoms with Gasteiger partial charge in [-0.2, -0.15) is 13.2 Å². The monoisotopic (exact) mass is 482 g/mol. The van der Waals surface area contributed by atoms with Gasteiger partial charge in [0.05, 0.1) is 17.1 Å². The number of nitrogens with zero attached hydrogens (tertiary/aromatic N) is 1.